The number of carbonyl (C=O) groups excluding carboxylic acids is 1. The highest BCUT2D eigenvalue weighted by molar-refractivity contribution is 6.32. The molecule has 118 valence electrons. The van der Waals surface area contributed by atoms with Crippen molar-refractivity contribution in [3.05, 3.63) is 52.6 Å². The number of allylic oxidation sites excluding steroid dienone is 1. The second-order valence-corrected chi connectivity index (χ2v) is 5.23. The van der Waals surface area contributed by atoms with Crippen molar-refractivity contribution < 1.29 is 24.1 Å². The van der Waals surface area contributed by atoms with Crippen LogP contribution in [0.1, 0.15) is 15.9 Å². The Balaban J connectivity index is 1.83. The Morgan fingerprint density at radius 1 is 1.30 bits per heavy atom. The van der Waals surface area contributed by atoms with Crippen LogP contribution >= 0.6 is 11.6 Å². The van der Waals surface area contributed by atoms with Crippen LogP contribution in [0.4, 0.5) is 0 Å². The molecule has 0 amide bonds. The smallest absolute Gasteiger partial charge is 0.231 e. The van der Waals surface area contributed by atoms with Crippen molar-refractivity contribution in [2.75, 3.05) is 13.9 Å². The molecule has 0 aliphatic carbocycles. The topological polar surface area (TPSA) is 65.0 Å². The average molecular weight is 333 g/mol. The molecule has 2 aromatic carbocycles. The highest BCUT2D eigenvalue weighted by Crippen LogP contribution is 2.40. The molecule has 23 heavy (non-hydrogen) atoms. The first-order valence-corrected chi connectivity index (χ1v) is 7.15. The largest absolute Gasteiger partial charge is 0.504 e. The number of halogens is 1. The van der Waals surface area contributed by atoms with Gasteiger partial charge >= 0.3 is 0 Å². The van der Waals surface area contributed by atoms with Gasteiger partial charge in [0.2, 0.25) is 6.79 Å². The van der Waals surface area contributed by atoms with E-state index in [4.69, 9.17) is 25.8 Å². The molecule has 1 aliphatic heterocycles. The van der Waals surface area contributed by atoms with Gasteiger partial charge in [-0.2, -0.15) is 0 Å². The molecule has 5 nitrogen and oxygen atoms in total. The molecule has 2 aromatic rings. The monoisotopic (exact) mass is 332 g/mol. The van der Waals surface area contributed by atoms with E-state index in [2.05, 4.69) is 0 Å². The molecule has 6 heteroatoms. The van der Waals surface area contributed by atoms with Gasteiger partial charge in [-0.15, -0.1) is 0 Å². The van der Waals surface area contributed by atoms with Crippen LogP contribution in [-0.2, 0) is 0 Å². The van der Waals surface area contributed by atoms with Gasteiger partial charge in [-0.1, -0.05) is 17.7 Å². The van der Waals surface area contributed by atoms with Crippen molar-refractivity contribution in [1.29, 1.82) is 0 Å². The normalized spacial score (nSPS) is 12.6. The standard InChI is InChI=1S/C17H13ClO5/c1-21-15-8-11(3-5-14(15)20)13(19)4-2-10-6-12(18)17-16(7-10)22-9-23-17/h2-8,20H,9H2,1H3/b4-2+. The van der Waals surface area contributed by atoms with E-state index in [9.17, 15) is 9.90 Å². The van der Waals surface area contributed by atoms with E-state index in [-0.39, 0.29) is 24.1 Å². The molecule has 0 unspecified atom stereocenters. The van der Waals surface area contributed by atoms with Gasteiger partial charge in [0.05, 0.1) is 12.1 Å². The van der Waals surface area contributed by atoms with Gasteiger partial charge in [0.15, 0.2) is 28.8 Å². The summed E-state index contributed by atoms with van der Waals surface area (Å²) in [7, 11) is 1.42. The van der Waals surface area contributed by atoms with Crippen molar-refractivity contribution in [3.8, 4) is 23.0 Å². The number of carbonyl (C=O) groups is 1. The summed E-state index contributed by atoms with van der Waals surface area (Å²) >= 11 is 6.10. The summed E-state index contributed by atoms with van der Waals surface area (Å²) in [6.07, 6.45) is 3.05. The van der Waals surface area contributed by atoms with Crippen molar-refractivity contribution in [2.45, 2.75) is 0 Å². The van der Waals surface area contributed by atoms with Crippen LogP contribution in [0, 0.1) is 0 Å². The summed E-state index contributed by atoms with van der Waals surface area (Å²) in [5, 5.41) is 9.98. The van der Waals surface area contributed by atoms with Crippen LogP contribution in [0.3, 0.4) is 0 Å². The zero-order valence-corrected chi connectivity index (χ0v) is 13.0. The highest BCUT2D eigenvalue weighted by atomic mass is 35.5. The maximum absolute atomic E-state index is 12.2. The lowest BCUT2D eigenvalue weighted by Gasteiger charge is -2.04. The fourth-order valence-corrected chi connectivity index (χ4v) is 2.46. The number of ether oxygens (including phenoxy) is 3. The minimum Gasteiger partial charge on any atom is -0.504 e. The first-order chi connectivity index (χ1) is 11.1. The minimum absolute atomic E-state index is 0.0180. The molecule has 1 N–H and O–H groups in total. The fourth-order valence-electron chi connectivity index (χ4n) is 2.18. The third-order valence-electron chi connectivity index (χ3n) is 3.34. The number of methoxy groups -OCH3 is 1. The van der Waals surface area contributed by atoms with Crippen molar-refractivity contribution in [3.63, 3.8) is 0 Å². The Kier molecular flexibility index (Phi) is 4.12. The summed E-state index contributed by atoms with van der Waals surface area (Å²) in [5.41, 5.74) is 1.13. The number of hydrogen-bond donors (Lipinski definition) is 1. The van der Waals surface area contributed by atoms with Crippen LogP contribution in [0.15, 0.2) is 36.4 Å². The second kappa shape index (κ2) is 6.22. The fraction of sp³-hybridized carbons (Fsp3) is 0.118. The van der Waals surface area contributed by atoms with Gasteiger partial charge in [0, 0.05) is 5.56 Å². The van der Waals surface area contributed by atoms with Crippen molar-refractivity contribution in [2.24, 2.45) is 0 Å². The van der Waals surface area contributed by atoms with Crippen LogP contribution < -0.4 is 14.2 Å². The Hall–Kier alpha value is -2.66. The predicted octanol–water partition coefficient (Wildman–Crippen LogP) is 3.68. The Morgan fingerprint density at radius 2 is 2.13 bits per heavy atom. The first-order valence-electron chi connectivity index (χ1n) is 6.77. The predicted molar refractivity (Wildman–Crippen MR) is 85.6 cm³/mol. The summed E-state index contributed by atoms with van der Waals surface area (Å²) < 4.78 is 15.5. The second-order valence-electron chi connectivity index (χ2n) is 4.82. The molecular formula is C17H13ClO5. The summed E-state index contributed by atoms with van der Waals surface area (Å²) in [6, 6.07) is 7.86. The lowest BCUT2D eigenvalue weighted by molar-refractivity contribution is 0.104. The van der Waals surface area contributed by atoms with Crippen LogP contribution in [0.5, 0.6) is 23.0 Å². The number of benzene rings is 2. The molecule has 0 atom stereocenters. The number of rotatable bonds is 4. The Labute approximate surface area is 137 Å². The lowest BCUT2D eigenvalue weighted by atomic mass is 10.1. The number of hydrogen-bond acceptors (Lipinski definition) is 5. The molecular weight excluding hydrogens is 320 g/mol. The molecule has 1 heterocycles. The quantitative estimate of drug-likeness (QED) is 0.683. The number of fused-ring (bicyclic) bond motifs is 1. The van der Waals surface area contributed by atoms with Gasteiger partial charge < -0.3 is 19.3 Å². The lowest BCUT2D eigenvalue weighted by Crippen LogP contribution is -1.95. The number of aromatic hydroxyl groups is 1. The van der Waals surface area contributed by atoms with Crippen LogP contribution in [0.2, 0.25) is 5.02 Å². The van der Waals surface area contributed by atoms with E-state index in [0.29, 0.717) is 22.1 Å². The third-order valence-corrected chi connectivity index (χ3v) is 3.62. The molecule has 0 saturated heterocycles. The van der Waals surface area contributed by atoms with Crippen LogP contribution in [-0.4, -0.2) is 24.8 Å². The summed E-state index contributed by atoms with van der Waals surface area (Å²) in [6.45, 7) is 0.133. The van der Waals surface area contributed by atoms with Crippen molar-refractivity contribution in [1.82, 2.24) is 0 Å². The van der Waals surface area contributed by atoms with Gasteiger partial charge in [-0.25, -0.2) is 0 Å². The van der Waals surface area contributed by atoms with Gasteiger partial charge in [-0.05, 0) is 42.0 Å². The molecule has 0 aromatic heterocycles. The summed E-state index contributed by atoms with van der Waals surface area (Å²) in [4.78, 5) is 12.2. The van der Waals surface area contributed by atoms with E-state index >= 15 is 0 Å². The van der Waals surface area contributed by atoms with Gasteiger partial charge in [-0.3, -0.25) is 4.79 Å². The van der Waals surface area contributed by atoms with Crippen molar-refractivity contribution >= 4 is 23.5 Å². The number of phenolic OH excluding ortho intramolecular Hbond substituents is 1. The van der Waals surface area contributed by atoms with Crippen LogP contribution in [0.25, 0.3) is 6.08 Å². The van der Waals surface area contributed by atoms with Gasteiger partial charge in [0.25, 0.3) is 0 Å². The van der Waals surface area contributed by atoms with E-state index in [1.165, 1.54) is 31.4 Å². The SMILES string of the molecule is COc1cc(C(=O)/C=C/c2cc(Cl)c3c(c2)OCO3)ccc1O. The Morgan fingerprint density at radius 3 is 2.91 bits per heavy atom. The molecule has 0 fully saturated rings. The minimum atomic E-state index is -0.225. The number of ketones is 1. The average Bonchev–Trinajstić information content (AvgIpc) is 3.02. The highest BCUT2D eigenvalue weighted by Gasteiger charge is 2.17. The third kappa shape index (κ3) is 3.10. The first kappa shape index (κ1) is 15.2. The van der Waals surface area contributed by atoms with E-state index in [0.717, 1.165) is 5.56 Å². The molecule has 0 saturated carbocycles. The van der Waals surface area contributed by atoms with E-state index in [1.807, 2.05) is 0 Å². The van der Waals surface area contributed by atoms with E-state index < -0.39 is 0 Å². The maximum atomic E-state index is 12.2. The molecule has 0 bridgehead atoms. The summed E-state index contributed by atoms with van der Waals surface area (Å²) in [5.74, 6) is 1.07. The Bertz CT molecular complexity index is 798. The maximum Gasteiger partial charge on any atom is 0.231 e. The molecule has 0 radical (unpaired) electrons. The number of phenols is 1. The van der Waals surface area contributed by atoms with Gasteiger partial charge in [0.1, 0.15) is 0 Å². The van der Waals surface area contributed by atoms with E-state index in [1.54, 1.807) is 18.2 Å². The molecule has 3 rings (SSSR count). The molecule has 0 spiro atoms. The zero-order valence-electron chi connectivity index (χ0n) is 12.2. The molecule has 1 aliphatic rings. The zero-order chi connectivity index (χ0) is 16.4.